The van der Waals surface area contributed by atoms with E-state index in [-0.39, 0.29) is 10.9 Å². The number of nitrogens with zero attached hydrogens (tertiary/aromatic N) is 2. The van der Waals surface area contributed by atoms with E-state index in [2.05, 4.69) is 14.5 Å². The first kappa shape index (κ1) is 9.90. The maximum atomic E-state index is 12.1. The van der Waals surface area contributed by atoms with Crippen LogP contribution in [-0.4, -0.2) is 15.2 Å². The van der Waals surface area contributed by atoms with Crippen molar-refractivity contribution in [1.29, 1.82) is 0 Å². The van der Waals surface area contributed by atoms with Gasteiger partial charge in [0.05, 0.1) is 0 Å². The molecule has 5 nitrogen and oxygen atoms in total. The Balaban J connectivity index is 2.40. The molecule has 0 amide bonds. The van der Waals surface area contributed by atoms with Gasteiger partial charge in [-0.2, -0.15) is 13.2 Å². The van der Waals surface area contributed by atoms with Crippen molar-refractivity contribution in [3.05, 3.63) is 21.6 Å². The summed E-state index contributed by atoms with van der Waals surface area (Å²) in [6, 6.07) is 0. The molecular weight excluding hydrogens is 235 g/mol. The molecule has 0 saturated carbocycles. The van der Waals surface area contributed by atoms with Crippen LogP contribution in [-0.2, 0) is 6.18 Å². The van der Waals surface area contributed by atoms with E-state index < -0.39 is 17.6 Å². The Morgan fingerprint density at radius 2 is 2.20 bits per heavy atom. The Hall–Kier alpha value is -1.64. The van der Waals surface area contributed by atoms with Crippen molar-refractivity contribution < 1.29 is 17.6 Å². The monoisotopic (exact) mass is 237 g/mol. The number of rotatable bonds is 1. The highest BCUT2D eigenvalue weighted by Crippen LogP contribution is 2.32. The van der Waals surface area contributed by atoms with Crippen LogP contribution in [0.25, 0.3) is 10.9 Å². The van der Waals surface area contributed by atoms with Gasteiger partial charge in [-0.15, -0.1) is 16.4 Å². The predicted octanol–water partition coefficient (Wildman–Crippen LogP) is 1.51. The molecule has 1 N–H and O–H groups in total. The van der Waals surface area contributed by atoms with Gasteiger partial charge >= 0.3 is 11.9 Å². The van der Waals surface area contributed by atoms with Gasteiger partial charge in [0.15, 0.2) is 10.7 Å². The lowest BCUT2D eigenvalue weighted by Crippen LogP contribution is -2.04. The summed E-state index contributed by atoms with van der Waals surface area (Å²) < 4.78 is 40.9. The van der Waals surface area contributed by atoms with E-state index in [9.17, 15) is 18.0 Å². The average molecular weight is 237 g/mol. The number of aromatic amines is 1. The molecule has 15 heavy (non-hydrogen) atoms. The minimum atomic E-state index is -4.51. The highest BCUT2D eigenvalue weighted by Gasteiger charge is 2.34. The molecule has 0 saturated heterocycles. The number of alkyl halides is 3. The number of thiazole rings is 1. The van der Waals surface area contributed by atoms with E-state index in [1.54, 1.807) is 0 Å². The summed E-state index contributed by atoms with van der Waals surface area (Å²) in [5.74, 6) is -1.09. The second-order valence-corrected chi connectivity index (χ2v) is 3.31. The number of aromatic nitrogens is 3. The average Bonchev–Trinajstić information content (AvgIpc) is 2.69. The van der Waals surface area contributed by atoms with Crippen molar-refractivity contribution in [3.8, 4) is 10.9 Å². The van der Waals surface area contributed by atoms with Crippen molar-refractivity contribution >= 4 is 11.3 Å². The Labute approximate surface area is 83.6 Å². The lowest BCUT2D eigenvalue weighted by molar-refractivity contribution is -0.140. The third-order valence-corrected chi connectivity index (χ3v) is 2.25. The van der Waals surface area contributed by atoms with Crippen LogP contribution >= 0.6 is 11.3 Å². The molecule has 0 aliphatic rings. The van der Waals surface area contributed by atoms with Gasteiger partial charge in [-0.3, -0.25) is 0 Å². The maximum absolute atomic E-state index is 12.1. The second kappa shape index (κ2) is 3.19. The summed E-state index contributed by atoms with van der Waals surface area (Å²) in [5.41, 5.74) is -1.03. The zero-order chi connectivity index (χ0) is 11.1. The van der Waals surface area contributed by atoms with Gasteiger partial charge in [0, 0.05) is 5.38 Å². The van der Waals surface area contributed by atoms with Crippen LogP contribution in [0.15, 0.2) is 14.6 Å². The molecule has 80 valence electrons. The van der Waals surface area contributed by atoms with Gasteiger partial charge < -0.3 is 4.42 Å². The normalized spacial score (nSPS) is 11.9. The zero-order valence-electron chi connectivity index (χ0n) is 6.83. The molecule has 0 radical (unpaired) electrons. The lowest BCUT2D eigenvalue weighted by Gasteiger charge is -1.98. The number of nitrogens with one attached hydrogen (secondary N) is 1. The summed E-state index contributed by atoms with van der Waals surface area (Å²) in [4.78, 5) is 13.8. The lowest BCUT2D eigenvalue weighted by atomic mass is 10.5. The van der Waals surface area contributed by atoms with Crippen molar-refractivity contribution in [2.75, 3.05) is 0 Å². The highest BCUT2D eigenvalue weighted by molar-refractivity contribution is 7.13. The summed E-state index contributed by atoms with van der Waals surface area (Å²) in [5, 5.41) is 6.01. The first-order chi connectivity index (χ1) is 6.97. The fraction of sp³-hybridized carbons (Fsp3) is 0.167. The molecule has 2 aromatic heterocycles. The van der Waals surface area contributed by atoms with Crippen LogP contribution in [0.5, 0.6) is 0 Å². The third kappa shape index (κ3) is 1.91. The molecule has 0 aliphatic carbocycles. The van der Waals surface area contributed by atoms with Crippen LogP contribution in [0.2, 0.25) is 0 Å². The van der Waals surface area contributed by atoms with Gasteiger partial charge in [0.2, 0.25) is 0 Å². The number of hydrogen-bond donors (Lipinski definition) is 1. The summed E-state index contributed by atoms with van der Waals surface area (Å²) in [6.07, 6.45) is -4.51. The molecule has 2 rings (SSSR count). The molecule has 0 fully saturated rings. The number of H-pyrrole nitrogens is 1. The van der Waals surface area contributed by atoms with E-state index in [1.165, 1.54) is 0 Å². The van der Waals surface area contributed by atoms with Crippen LogP contribution in [0.3, 0.4) is 0 Å². The summed E-state index contributed by atoms with van der Waals surface area (Å²) >= 11 is 0.697. The Morgan fingerprint density at radius 1 is 1.47 bits per heavy atom. The fourth-order valence-electron chi connectivity index (χ4n) is 0.824. The number of hydrogen-bond acceptors (Lipinski definition) is 5. The van der Waals surface area contributed by atoms with Crippen molar-refractivity contribution in [3.63, 3.8) is 0 Å². The standard InChI is InChI=1S/C6H2F3N3O2S/c7-6(8,9)2-1-15-4(10-2)3-11-12-5(13)14-3/h1H,(H,12,13). The first-order valence-corrected chi connectivity index (χ1v) is 4.43. The van der Waals surface area contributed by atoms with Crippen LogP contribution in [0, 0.1) is 0 Å². The summed E-state index contributed by atoms with van der Waals surface area (Å²) in [7, 11) is 0. The Kier molecular flexibility index (Phi) is 2.11. The van der Waals surface area contributed by atoms with E-state index in [0.29, 0.717) is 11.3 Å². The first-order valence-electron chi connectivity index (χ1n) is 3.55. The van der Waals surface area contributed by atoms with Gasteiger partial charge in [0.1, 0.15) is 0 Å². The number of halogens is 3. The highest BCUT2D eigenvalue weighted by atomic mass is 32.1. The molecule has 0 unspecified atom stereocenters. The minimum Gasteiger partial charge on any atom is -0.385 e. The molecule has 2 heterocycles. The molecular formula is C6H2F3N3O2S. The second-order valence-electron chi connectivity index (χ2n) is 2.45. The molecule has 0 aliphatic heterocycles. The van der Waals surface area contributed by atoms with Crippen LogP contribution < -0.4 is 5.76 Å². The fourth-order valence-corrected chi connectivity index (χ4v) is 1.57. The zero-order valence-corrected chi connectivity index (χ0v) is 7.65. The molecule has 0 atom stereocenters. The Bertz CT molecular complexity index is 526. The van der Waals surface area contributed by atoms with Crippen molar-refractivity contribution in [1.82, 2.24) is 15.2 Å². The van der Waals surface area contributed by atoms with E-state index in [4.69, 9.17) is 0 Å². The summed E-state index contributed by atoms with van der Waals surface area (Å²) in [6.45, 7) is 0. The predicted molar refractivity (Wildman–Crippen MR) is 43.2 cm³/mol. The van der Waals surface area contributed by atoms with Gasteiger partial charge in [-0.1, -0.05) is 0 Å². The molecule has 0 spiro atoms. The van der Waals surface area contributed by atoms with Crippen molar-refractivity contribution in [2.24, 2.45) is 0 Å². The van der Waals surface area contributed by atoms with E-state index >= 15 is 0 Å². The molecule has 9 heteroatoms. The van der Waals surface area contributed by atoms with E-state index in [1.807, 2.05) is 5.10 Å². The smallest absolute Gasteiger partial charge is 0.385 e. The maximum Gasteiger partial charge on any atom is 0.434 e. The quantitative estimate of drug-likeness (QED) is 0.815. The molecule has 2 aromatic rings. The Morgan fingerprint density at radius 3 is 2.67 bits per heavy atom. The molecule has 0 aromatic carbocycles. The topological polar surface area (TPSA) is 71.8 Å². The largest absolute Gasteiger partial charge is 0.434 e. The van der Waals surface area contributed by atoms with Gasteiger partial charge in [0.25, 0.3) is 5.89 Å². The third-order valence-electron chi connectivity index (χ3n) is 1.42. The minimum absolute atomic E-state index is 0.0966. The SMILES string of the molecule is O=c1[nH]nc(-c2nc(C(F)(F)F)cs2)o1. The van der Waals surface area contributed by atoms with Gasteiger partial charge in [-0.25, -0.2) is 14.9 Å². The molecule has 0 bridgehead atoms. The van der Waals surface area contributed by atoms with Crippen LogP contribution in [0.1, 0.15) is 5.69 Å². The van der Waals surface area contributed by atoms with Crippen molar-refractivity contribution in [2.45, 2.75) is 6.18 Å². The van der Waals surface area contributed by atoms with Crippen LogP contribution in [0.4, 0.5) is 13.2 Å². The van der Waals surface area contributed by atoms with Gasteiger partial charge in [-0.05, 0) is 0 Å². The van der Waals surface area contributed by atoms with E-state index in [0.717, 1.165) is 5.38 Å².